The predicted octanol–water partition coefficient (Wildman–Crippen LogP) is 2.70. The normalized spacial score (nSPS) is 11.7. The minimum Gasteiger partial charge on any atom is -0.503 e. The highest BCUT2D eigenvalue weighted by molar-refractivity contribution is 5.98. The summed E-state index contributed by atoms with van der Waals surface area (Å²) < 4.78 is 41.3. The fraction of sp³-hybridized carbons (Fsp3) is 0.318. The fourth-order valence-corrected chi connectivity index (χ4v) is 2.60. The summed E-state index contributed by atoms with van der Waals surface area (Å²) in [5, 5.41) is 14.5. The van der Waals surface area contributed by atoms with Crippen molar-refractivity contribution in [3.63, 3.8) is 0 Å². The standard InChI is InChI=1S/C16H12F3N3O4.C4H10.C2H2/c17-7-3-10(18)8(11(19)4-7)5-21-15(25)9-6-22-2-1-20-16(26)12(22)14(24)13(9)23;1-3-4-2;1-2/h3-4,6,24H,1-2,5H2,(H,20,26)(H,21,25);3-4H2,1-2H3;1-2H. The van der Waals surface area contributed by atoms with E-state index in [1.54, 1.807) is 0 Å². The Morgan fingerprint density at radius 1 is 1.16 bits per heavy atom. The third-order valence-corrected chi connectivity index (χ3v) is 4.39. The minimum absolute atomic E-state index is 0.219. The Labute approximate surface area is 183 Å². The molecule has 172 valence electrons. The molecule has 10 heteroatoms. The maximum absolute atomic E-state index is 13.6. The van der Waals surface area contributed by atoms with Gasteiger partial charge in [0.2, 0.25) is 5.43 Å². The number of halogens is 3. The first-order valence-corrected chi connectivity index (χ1v) is 9.70. The second-order valence-corrected chi connectivity index (χ2v) is 6.55. The molecule has 3 rings (SSSR count). The lowest BCUT2D eigenvalue weighted by atomic mass is 10.1. The largest absolute Gasteiger partial charge is 0.503 e. The van der Waals surface area contributed by atoms with Crippen LogP contribution in [0.25, 0.3) is 0 Å². The molecular formula is C22H24F3N3O4. The molecule has 1 aromatic carbocycles. The van der Waals surface area contributed by atoms with E-state index in [-0.39, 0.29) is 18.8 Å². The molecule has 2 heterocycles. The van der Waals surface area contributed by atoms with Crippen molar-refractivity contribution in [2.75, 3.05) is 6.54 Å². The van der Waals surface area contributed by atoms with E-state index in [0.717, 1.165) is 6.20 Å². The lowest BCUT2D eigenvalue weighted by Crippen LogP contribution is -2.39. The maximum Gasteiger partial charge on any atom is 0.271 e. The number of nitrogens with zero attached hydrogens (tertiary/aromatic N) is 1. The van der Waals surface area contributed by atoms with E-state index in [9.17, 15) is 32.7 Å². The molecule has 2 amide bonds. The van der Waals surface area contributed by atoms with Crippen molar-refractivity contribution in [3.8, 4) is 18.6 Å². The second kappa shape index (κ2) is 12.2. The molecule has 0 bridgehead atoms. The minimum atomic E-state index is -1.19. The number of terminal acetylenes is 1. The van der Waals surface area contributed by atoms with E-state index < -0.39 is 58.1 Å². The van der Waals surface area contributed by atoms with Gasteiger partial charge in [0, 0.05) is 43.5 Å². The number of aromatic hydroxyl groups is 1. The van der Waals surface area contributed by atoms with Gasteiger partial charge in [-0.2, -0.15) is 0 Å². The van der Waals surface area contributed by atoms with Gasteiger partial charge >= 0.3 is 0 Å². The molecule has 3 N–H and O–H groups in total. The van der Waals surface area contributed by atoms with Gasteiger partial charge in [-0.25, -0.2) is 13.2 Å². The van der Waals surface area contributed by atoms with Gasteiger partial charge in [-0.3, -0.25) is 14.4 Å². The number of rotatable bonds is 4. The van der Waals surface area contributed by atoms with Crippen LogP contribution in [0.15, 0.2) is 23.1 Å². The quantitative estimate of drug-likeness (QED) is 0.623. The van der Waals surface area contributed by atoms with Crippen LogP contribution in [-0.2, 0) is 13.1 Å². The van der Waals surface area contributed by atoms with Gasteiger partial charge in [-0.1, -0.05) is 26.7 Å². The van der Waals surface area contributed by atoms with Crippen LogP contribution in [0.1, 0.15) is 53.1 Å². The lowest BCUT2D eigenvalue weighted by molar-refractivity contribution is 0.0912. The number of fused-ring (bicyclic) bond motifs is 1. The van der Waals surface area contributed by atoms with Crippen molar-refractivity contribution < 1.29 is 27.9 Å². The van der Waals surface area contributed by atoms with E-state index in [1.807, 2.05) is 0 Å². The molecule has 0 spiro atoms. The first kappa shape index (κ1) is 26.3. The van der Waals surface area contributed by atoms with E-state index in [0.29, 0.717) is 12.1 Å². The first-order valence-electron chi connectivity index (χ1n) is 9.70. The van der Waals surface area contributed by atoms with Crippen LogP contribution >= 0.6 is 0 Å². The van der Waals surface area contributed by atoms with Crippen molar-refractivity contribution in [1.82, 2.24) is 15.2 Å². The highest BCUT2D eigenvalue weighted by Gasteiger charge is 2.26. The average molecular weight is 451 g/mol. The zero-order valence-electron chi connectivity index (χ0n) is 17.7. The number of aromatic nitrogens is 1. The smallest absolute Gasteiger partial charge is 0.271 e. The lowest BCUT2D eigenvalue weighted by Gasteiger charge is -2.20. The zero-order chi connectivity index (χ0) is 24.4. The second-order valence-electron chi connectivity index (χ2n) is 6.55. The summed E-state index contributed by atoms with van der Waals surface area (Å²) in [6.07, 6.45) is 11.7. The van der Waals surface area contributed by atoms with Crippen LogP contribution in [0.2, 0.25) is 0 Å². The van der Waals surface area contributed by atoms with Gasteiger partial charge in [-0.05, 0) is 0 Å². The molecule has 0 atom stereocenters. The van der Waals surface area contributed by atoms with Crippen molar-refractivity contribution in [1.29, 1.82) is 0 Å². The van der Waals surface area contributed by atoms with E-state index >= 15 is 0 Å². The third kappa shape index (κ3) is 6.14. The first-order chi connectivity index (χ1) is 15.2. The summed E-state index contributed by atoms with van der Waals surface area (Å²) in [5.74, 6) is -6.04. The van der Waals surface area contributed by atoms with Crippen LogP contribution in [-0.4, -0.2) is 28.0 Å². The number of hydrogen-bond acceptors (Lipinski definition) is 4. The molecule has 0 saturated heterocycles. The Hall–Kier alpha value is -3.74. The van der Waals surface area contributed by atoms with Gasteiger partial charge in [0.15, 0.2) is 11.4 Å². The van der Waals surface area contributed by atoms with Crippen molar-refractivity contribution in [3.05, 3.63) is 62.8 Å². The van der Waals surface area contributed by atoms with Crippen molar-refractivity contribution in [2.24, 2.45) is 0 Å². The number of hydrogen-bond donors (Lipinski definition) is 3. The number of benzene rings is 1. The van der Waals surface area contributed by atoms with E-state index in [4.69, 9.17) is 0 Å². The van der Waals surface area contributed by atoms with Crippen LogP contribution in [0, 0.1) is 30.3 Å². The van der Waals surface area contributed by atoms with E-state index in [1.165, 1.54) is 17.4 Å². The van der Waals surface area contributed by atoms with Gasteiger partial charge < -0.3 is 20.3 Å². The van der Waals surface area contributed by atoms with Crippen molar-refractivity contribution >= 4 is 11.8 Å². The molecule has 1 aliphatic heterocycles. The molecule has 7 nitrogen and oxygen atoms in total. The SMILES string of the molecule is C#C.CCCC.O=C(NCc1c(F)cc(F)cc1F)c1cn2c(c(O)c1=O)C(=O)NCC2. The summed E-state index contributed by atoms with van der Waals surface area (Å²) in [4.78, 5) is 36.0. The number of carbonyl (C=O) groups excluding carboxylic acids is 2. The molecule has 0 unspecified atom stereocenters. The topological polar surface area (TPSA) is 100 Å². The Balaban J connectivity index is 0.000000769. The van der Waals surface area contributed by atoms with Crippen LogP contribution in [0.5, 0.6) is 5.75 Å². The zero-order valence-corrected chi connectivity index (χ0v) is 17.7. The molecule has 0 radical (unpaired) electrons. The van der Waals surface area contributed by atoms with Gasteiger partial charge in [0.05, 0.1) is 0 Å². The molecule has 0 fully saturated rings. The monoisotopic (exact) mass is 451 g/mol. The van der Waals surface area contributed by atoms with Crippen molar-refractivity contribution in [2.45, 2.75) is 39.8 Å². The summed E-state index contributed by atoms with van der Waals surface area (Å²) in [6.45, 7) is 4.18. The molecule has 1 aliphatic rings. The summed E-state index contributed by atoms with van der Waals surface area (Å²) >= 11 is 0. The number of nitrogens with one attached hydrogen (secondary N) is 2. The summed E-state index contributed by atoms with van der Waals surface area (Å²) in [6, 6.07) is 0.922. The average Bonchev–Trinajstić information content (AvgIpc) is 2.76. The van der Waals surface area contributed by atoms with Gasteiger partial charge in [0.25, 0.3) is 11.8 Å². The predicted molar refractivity (Wildman–Crippen MR) is 113 cm³/mol. The van der Waals surface area contributed by atoms with Gasteiger partial charge in [0.1, 0.15) is 23.0 Å². The number of carbonyl (C=O) groups is 2. The molecular weight excluding hydrogens is 427 g/mol. The van der Waals surface area contributed by atoms with Crippen LogP contribution < -0.4 is 16.1 Å². The van der Waals surface area contributed by atoms with E-state index in [2.05, 4.69) is 37.3 Å². The van der Waals surface area contributed by atoms with Gasteiger partial charge in [-0.15, -0.1) is 12.8 Å². The summed E-state index contributed by atoms with van der Waals surface area (Å²) in [5.41, 5.74) is -2.44. The Morgan fingerprint density at radius 3 is 2.25 bits per heavy atom. The highest BCUT2D eigenvalue weighted by atomic mass is 19.1. The van der Waals surface area contributed by atoms with Crippen LogP contribution in [0.4, 0.5) is 13.2 Å². The molecule has 1 aromatic heterocycles. The highest BCUT2D eigenvalue weighted by Crippen LogP contribution is 2.17. The molecule has 0 aliphatic carbocycles. The Morgan fingerprint density at radius 2 is 1.72 bits per heavy atom. The third-order valence-electron chi connectivity index (χ3n) is 4.39. The Bertz CT molecular complexity index is 1040. The van der Waals surface area contributed by atoms with Crippen LogP contribution in [0.3, 0.4) is 0 Å². The molecule has 2 aromatic rings. The Kier molecular flexibility index (Phi) is 10.0. The fourth-order valence-electron chi connectivity index (χ4n) is 2.60. The number of amides is 2. The summed E-state index contributed by atoms with van der Waals surface area (Å²) in [7, 11) is 0. The number of pyridine rings is 1. The number of unbranched alkanes of at least 4 members (excludes halogenated alkanes) is 1. The molecule has 0 saturated carbocycles. The molecule has 32 heavy (non-hydrogen) atoms. The maximum atomic E-state index is 13.6.